The SMILES string of the molecule is CC(O)=CC(=O)C=C(C)C(=O)OCC1CO1. The zero-order valence-corrected chi connectivity index (χ0v) is 9.23. The highest BCUT2D eigenvalue weighted by Gasteiger charge is 2.24. The summed E-state index contributed by atoms with van der Waals surface area (Å²) in [7, 11) is 0. The monoisotopic (exact) mass is 226 g/mol. The number of aliphatic hydroxyl groups is 1. The fourth-order valence-corrected chi connectivity index (χ4v) is 0.967. The maximum absolute atomic E-state index is 11.3. The van der Waals surface area contributed by atoms with Crippen LogP contribution in [0, 0.1) is 0 Å². The molecule has 1 unspecified atom stereocenters. The van der Waals surface area contributed by atoms with Gasteiger partial charge >= 0.3 is 5.97 Å². The summed E-state index contributed by atoms with van der Waals surface area (Å²) in [5, 5.41) is 8.84. The van der Waals surface area contributed by atoms with Crippen molar-refractivity contribution < 1.29 is 24.2 Å². The van der Waals surface area contributed by atoms with Gasteiger partial charge < -0.3 is 14.6 Å². The Morgan fingerprint density at radius 3 is 2.56 bits per heavy atom. The minimum atomic E-state index is -0.548. The van der Waals surface area contributed by atoms with Gasteiger partial charge in [0.1, 0.15) is 12.7 Å². The van der Waals surface area contributed by atoms with E-state index in [2.05, 4.69) is 0 Å². The molecule has 1 saturated heterocycles. The molecule has 5 heteroatoms. The topological polar surface area (TPSA) is 76.1 Å². The van der Waals surface area contributed by atoms with Crippen LogP contribution in [0.5, 0.6) is 0 Å². The number of ketones is 1. The highest BCUT2D eigenvalue weighted by Crippen LogP contribution is 2.09. The van der Waals surface area contributed by atoms with E-state index in [1.807, 2.05) is 0 Å². The Morgan fingerprint density at radius 2 is 2.06 bits per heavy atom. The Bertz CT molecular complexity index is 345. The van der Waals surface area contributed by atoms with E-state index in [4.69, 9.17) is 14.6 Å². The van der Waals surface area contributed by atoms with Crippen molar-refractivity contribution in [1.29, 1.82) is 0 Å². The van der Waals surface area contributed by atoms with Gasteiger partial charge in [0.15, 0.2) is 5.78 Å². The maximum atomic E-state index is 11.3. The fraction of sp³-hybridized carbons (Fsp3) is 0.455. The minimum absolute atomic E-state index is 0.00651. The summed E-state index contributed by atoms with van der Waals surface area (Å²) in [6.45, 7) is 3.69. The average molecular weight is 226 g/mol. The molecule has 0 saturated carbocycles. The van der Waals surface area contributed by atoms with E-state index in [0.717, 1.165) is 12.2 Å². The Labute approximate surface area is 93.3 Å². The zero-order chi connectivity index (χ0) is 12.1. The third kappa shape index (κ3) is 4.75. The first-order valence-electron chi connectivity index (χ1n) is 4.87. The van der Waals surface area contributed by atoms with Crippen molar-refractivity contribution in [3.8, 4) is 0 Å². The molecular formula is C11H14O5. The van der Waals surface area contributed by atoms with Crippen LogP contribution >= 0.6 is 0 Å². The molecule has 0 aromatic rings. The molecule has 1 aliphatic rings. The molecule has 1 fully saturated rings. The molecule has 0 aromatic heterocycles. The predicted molar refractivity (Wildman–Crippen MR) is 55.8 cm³/mol. The van der Waals surface area contributed by atoms with Gasteiger partial charge in [-0.15, -0.1) is 0 Å². The number of esters is 1. The van der Waals surface area contributed by atoms with E-state index in [-0.39, 0.29) is 24.0 Å². The van der Waals surface area contributed by atoms with Crippen LogP contribution in [0.25, 0.3) is 0 Å². The van der Waals surface area contributed by atoms with E-state index < -0.39 is 11.8 Å². The first-order valence-corrected chi connectivity index (χ1v) is 4.87. The van der Waals surface area contributed by atoms with E-state index >= 15 is 0 Å². The van der Waals surface area contributed by atoms with Crippen molar-refractivity contribution in [2.45, 2.75) is 20.0 Å². The number of ether oxygens (including phenoxy) is 2. The van der Waals surface area contributed by atoms with Crippen molar-refractivity contribution in [2.24, 2.45) is 0 Å². The van der Waals surface area contributed by atoms with E-state index in [1.165, 1.54) is 13.8 Å². The number of epoxide rings is 1. The Kier molecular flexibility index (Phi) is 4.25. The lowest BCUT2D eigenvalue weighted by Gasteiger charge is -2.01. The van der Waals surface area contributed by atoms with Crippen molar-refractivity contribution in [3.05, 3.63) is 23.5 Å². The van der Waals surface area contributed by atoms with Crippen molar-refractivity contribution in [3.63, 3.8) is 0 Å². The summed E-state index contributed by atoms with van der Waals surface area (Å²) in [6, 6.07) is 0. The van der Waals surface area contributed by atoms with E-state index in [1.54, 1.807) is 0 Å². The van der Waals surface area contributed by atoms with Gasteiger partial charge in [-0.25, -0.2) is 4.79 Å². The third-order valence-corrected chi connectivity index (χ3v) is 1.83. The molecule has 0 bridgehead atoms. The summed E-state index contributed by atoms with van der Waals surface area (Å²) >= 11 is 0. The second-order valence-corrected chi connectivity index (χ2v) is 3.57. The molecule has 1 rings (SSSR count). The normalized spacial score (nSPS) is 20.5. The van der Waals surface area contributed by atoms with Gasteiger partial charge in [-0.2, -0.15) is 0 Å². The molecule has 0 amide bonds. The van der Waals surface area contributed by atoms with Crippen LogP contribution < -0.4 is 0 Å². The number of allylic oxidation sites excluding steroid dienone is 3. The lowest BCUT2D eigenvalue weighted by molar-refractivity contribution is -0.139. The van der Waals surface area contributed by atoms with Crippen molar-refractivity contribution >= 4 is 11.8 Å². The van der Waals surface area contributed by atoms with Crippen LogP contribution in [-0.2, 0) is 19.1 Å². The largest absolute Gasteiger partial charge is 0.512 e. The molecule has 0 radical (unpaired) electrons. The van der Waals surface area contributed by atoms with Crippen LogP contribution in [-0.4, -0.2) is 36.2 Å². The highest BCUT2D eigenvalue weighted by molar-refractivity contribution is 6.04. The molecule has 16 heavy (non-hydrogen) atoms. The smallest absolute Gasteiger partial charge is 0.333 e. The van der Waals surface area contributed by atoms with Crippen molar-refractivity contribution in [2.75, 3.05) is 13.2 Å². The van der Waals surface area contributed by atoms with Gasteiger partial charge in [0, 0.05) is 11.6 Å². The summed E-state index contributed by atoms with van der Waals surface area (Å²) in [5.41, 5.74) is 0.197. The summed E-state index contributed by atoms with van der Waals surface area (Å²) in [4.78, 5) is 22.5. The first-order chi connectivity index (χ1) is 7.49. The van der Waals surface area contributed by atoms with Gasteiger partial charge in [0.2, 0.25) is 0 Å². The molecule has 1 N–H and O–H groups in total. The lowest BCUT2D eigenvalue weighted by Crippen LogP contribution is -2.11. The Hall–Kier alpha value is -1.62. The molecule has 1 aliphatic heterocycles. The molecular weight excluding hydrogens is 212 g/mol. The molecule has 88 valence electrons. The van der Waals surface area contributed by atoms with Gasteiger partial charge in [0.25, 0.3) is 0 Å². The second-order valence-electron chi connectivity index (χ2n) is 3.57. The number of hydrogen-bond acceptors (Lipinski definition) is 5. The van der Waals surface area contributed by atoms with E-state index in [0.29, 0.717) is 6.61 Å². The molecule has 0 aromatic carbocycles. The Balaban J connectivity index is 2.44. The van der Waals surface area contributed by atoms with Crippen molar-refractivity contribution in [1.82, 2.24) is 0 Å². The number of aliphatic hydroxyl groups excluding tert-OH is 1. The highest BCUT2D eigenvalue weighted by atomic mass is 16.6. The van der Waals surface area contributed by atoms with E-state index in [9.17, 15) is 9.59 Å². The van der Waals surface area contributed by atoms with Gasteiger partial charge in [-0.1, -0.05) is 0 Å². The molecule has 5 nitrogen and oxygen atoms in total. The maximum Gasteiger partial charge on any atom is 0.333 e. The molecule has 0 spiro atoms. The first kappa shape index (κ1) is 12.4. The van der Waals surface area contributed by atoms with Gasteiger partial charge in [0.05, 0.1) is 12.4 Å². The zero-order valence-electron chi connectivity index (χ0n) is 9.23. The second kappa shape index (κ2) is 5.46. The molecule has 1 heterocycles. The number of hydrogen-bond donors (Lipinski definition) is 1. The molecule has 0 aliphatic carbocycles. The van der Waals surface area contributed by atoms with Gasteiger partial charge in [-0.3, -0.25) is 4.79 Å². The lowest BCUT2D eigenvalue weighted by atomic mass is 10.2. The van der Waals surface area contributed by atoms with Gasteiger partial charge in [-0.05, 0) is 19.9 Å². The number of rotatable bonds is 5. The predicted octanol–water partition coefficient (Wildman–Crippen LogP) is 0.906. The van der Waals surface area contributed by atoms with Crippen LogP contribution in [0.3, 0.4) is 0 Å². The minimum Gasteiger partial charge on any atom is -0.512 e. The quantitative estimate of drug-likeness (QED) is 0.326. The summed E-state index contributed by atoms with van der Waals surface area (Å²) in [6.07, 6.45) is 2.16. The van der Waals surface area contributed by atoms with Crippen LogP contribution in [0.15, 0.2) is 23.5 Å². The standard InChI is InChI=1S/C11H14O5/c1-7(3-9(13)4-8(2)12)11(14)16-6-10-5-15-10/h3-4,10,12H,5-6H2,1-2H3. The fourth-order valence-electron chi connectivity index (χ4n) is 0.967. The van der Waals surface area contributed by atoms with Crippen LogP contribution in [0.1, 0.15) is 13.8 Å². The summed E-state index contributed by atoms with van der Waals surface area (Å²) in [5.74, 6) is -1.10. The third-order valence-electron chi connectivity index (χ3n) is 1.83. The van der Waals surface area contributed by atoms with Crippen LogP contribution in [0.4, 0.5) is 0 Å². The summed E-state index contributed by atoms with van der Waals surface area (Å²) < 4.78 is 9.73. The Morgan fingerprint density at radius 1 is 1.44 bits per heavy atom. The van der Waals surface area contributed by atoms with Crippen LogP contribution in [0.2, 0.25) is 0 Å². The number of carbonyl (C=O) groups is 2. The molecule has 1 atom stereocenters. The number of carbonyl (C=O) groups excluding carboxylic acids is 2. The average Bonchev–Trinajstić information content (AvgIpc) is 2.95.